The van der Waals surface area contributed by atoms with E-state index in [0.29, 0.717) is 5.56 Å². The van der Waals surface area contributed by atoms with Gasteiger partial charge < -0.3 is 9.57 Å². The molecule has 0 spiro atoms. The smallest absolute Gasteiger partial charge is 0.343 e. The quantitative estimate of drug-likeness (QED) is 0.150. The van der Waals surface area contributed by atoms with Gasteiger partial charge in [0.1, 0.15) is 5.82 Å². The molecule has 0 aromatic heterocycles. The average molecular weight is 615 g/mol. The van der Waals surface area contributed by atoms with Crippen LogP contribution in [0.5, 0.6) is 0 Å². The lowest BCUT2D eigenvalue weighted by molar-refractivity contribution is -0.157. The van der Waals surface area contributed by atoms with Crippen LogP contribution in [0.15, 0.2) is 108 Å². The molecular formula is C33H27FN2O7S. The van der Waals surface area contributed by atoms with Crippen molar-refractivity contribution in [3.05, 3.63) is 126 Å². The van der Waals surface area contributed by atoms with Crippen LogP contribution in [0.2, 0.25) is 0 Å². The van der Waals surface area contributed by atoms with Crippen LogP contribution < -0.4 is 9.79 Å². The number of hydrogen-bond acceptors (Lipinski definition) is 7. The average Bonchev–Trinajstić information content (AvgIpc) is 3.26. The van der Waals surface area contributed by atoms with Crippen LogP contribution in [-0.2, 0) is 29.2 Å². The number of hydrogen-bond donors (Lipinski definition) is 1. The van der Waals surface area contributed by atoms with Crippen LogP contribution >= 0.6 is 0 Å². The van der Waals surface area contributed by atoms with Gasteiger partial charge in [0.25, 0.3) is 15.9 Å². The molecule has 0 atom stereocenters. The highest BCUT2D eigenvalue weighted by Gasteiger charge is 2.41. The molecule has 224 valence electrons. The Morgan fingerprint density at radius 2 is 1.45 bits per heavy atom. The minimum absolute atomic E-state index is 0.00131. The molecule has 1 aliphatic rings. The number of ether oxygens (including phenoxy) is 1. The molecule has 1 amide bonds. The van der Waals surface area contributed by atoms with Crippen molar-refractivity contribution in [2.24, 2.45) is 5.41 Å². The van der Waals surface area contributed by atoms with E-state index in [2.05, 4.69) is 4.72 Å². The van der Waals surface area contributed by atoms with E-state index in [9.17, 15) is 27.2 Å². The zero-order chi connectivity index (χ0) is 31.6. The van der Waals surface area contributed by atoms with Gasteiger partial charge in [0.05, 0.1) is 32.8 Å². The zero-order valence-corrected chi connectivity index (χ0v) is 24.7. The van der Waals surface area contributed by atoms with Gasteiger partial charge >= 0.3 is 11.9 Å². The van der Waals surface area contributed by atoms with E-state index in [1.807, 2.05) is 0 Å². The Bertz CT molecular complexity index is 1900. The van der Waals surface area contributed by atoms with Crippen molar-refractivity contribution in [3.63, 3.8) is 0 Å². The first kappa shape index (κ1) is 30.2. The highest BCUT2D eigenvalue weighted by Crippen LogP contribution is 2.43. The zero-order valence-electron chi connectivity index (χ0n) is 23.9. The molecule has 0 saturated heterocycles. The van der Waals surface area contributed by atoms with E-state index in [1.54, 1.807) is 81.4 Å². The van der Waals surface area contributed by atoms with Crippen LogP contribution in [0.3, 0.4) is 0 Å². The molecule has 9 nitrogen and oxygen atoms in total. The van der Waals surface area contributed by atoms with Crippen LogP contribution in [-0.4, -0.2) is 26.3 Å². The highest BCUT2D eigenvalue weighted by atomic mass is 32.2. The fourth-order valence-corrected chi connectivity index (χ4v) is 5.33. The lowest BCUT2D eigenvalue weighted by Gasteiger charge is -2.22. The van der Waals surface area contributed by atoms with Gasteiger partial charge in [-0.2, -0.15) is 0 Å². The molecule has 0 fully saturated rings. The predicted octanol–water partition coefficient (Wildman–Crippen LogP) is 6.20. The van der Waals surface area contributed by atoms with Gasteiger partial charge in [0.15, 0.2) is 5.76 Å². The summed E-state index contributed by atoms with van der Waals surface area (Å²) in [6.45, 7) is 4.82. The summed E-state index contributed by atoms with van der Waals surface area (Å²) in [5.41, 5.74) is -0.225. The number of anilines is 2. The molecule has 1 aliphatic heterocycles. The summed E-state index contributed by atoms with van der Waals surface area (Å²) >= 11 is 0. The summed E-state index contributed by atoms with van der Waals surface area (Å²) in [4.78, 5) is 45.4. The largest absolute Gasteiger partial charge is 0.421 e. The number of benzene rings is 4. The van der Waals surface area contributed by atoms with Gasteiger partial charge in [-0.25, -0.2) is 22.4 Å². The molecule has 0 saturated carbocycles. The van der Waals surface area contributed by atoms with E-state index < -0.39 is 39.1 Å². The third-order valence-electron chi connectivity index (χ3n) is 6.50. The summed E-state index contributed by atoms with van der Waals surface area (Å²) in [6.07, 6.45) is 0. The molecule has 0 bridgehead atoms. The molecule has 4 aromatic carbocycles. The second-order valence-electron chi connectivity index (χ2n) is 10.8. The number of halogens is 1. The molecule has 1 heterocycles. The molecular weight excluding hydrogens is 587 g/mol. The van der Waals surface area contributed by atoms with Crippen LogP contribution in [0.1, 0.15) is 42.3 Å². The normalized spacial score (nSPS) is 14.1. The van der Waals surface area contributed by atoms with E-state index in [4.69, 9.17) is 9.57 Å². The van der Waals surface area contributed by atoms with Gasteiger partial charge in [-0.3, -0.25) is 9.52 Å². The van der Waals surface area contributed by atoms with E-state index in [0.717, 1.165) is 17.2 Å². The number of nitrogens with zero attached hydrogens (tertiary/aromatic N) is 1. The summed E-state index contributed by atoms with van der Waals surface area (Å²) < 4.78 is 48.0. The van der Waals surface area contributed by atoms with Crippen molar-refractivity contribution in [3.8, 4) is 0 Å². The number of carbonyl (C=O) groups is 3. The van der Waals surface area contributed by atoms with Gasteiger partial charge in [-0.1, -0.05) is 54.6 Å². The van der Waals surface area contributed by atoms with Crippen molar-refractivity contribution in [2.45, 2.75) is 25.7 Å². The summed E-state index contributed by atoms with van der Waals surface area (Å²) in [6, 6.07) is 25.3. The van der Waals surface area contributed by atoms with Crippen LogP contribution in [0.25, 0.3) is 11.3 Å². The molecule has 1 N–H and O–H groups in total. The second kappa shape index (κ2) is 11.8. The first-order valence-corrected chi connectivity index (χ1v) is 14.9. The molecule has 0 radical (unpaired) electrons. The van der Waals surface area contributed by atoms with Crippen molar-refractivity contribution in [1.82, 2.24) is 0 Å². The molecule has 4 aromatic rings. The minimum atomic E-state index is -4.23. The standard InChI is InChI=1S/C33H27FN2O7S/c1-33(2,3)32(39)43-36-27-20-24(35-44(40,41)25-16-10-15-23(34)19-25)17-18-26(27)28(30(36)37)29(21-11-6-4-7-12-21)42-31(38)22-13-8-5-9-14-22/h4-20,35H,1-3H3/b29-28-. The maximum atomic E-state index is 14.0. The number of esters is 1. The number of hydroxylamine groups is 1. The summed E-state index contributed by atoms with van der Waals surface area (Å²) in [7, 11) is -4.23. The van der Waals surface area contributed by atoms with E-state index in [1.165, 1.54) is 30.3 Å². The van der Waals surface area contributed by atoms with Crippen molar-refractivity contribution >= 4 is 50.6 Å². The molecule has 0 unspecified atom stereocenters. The first-order chi connectivity index (χ1) is 20.8. The molecule has 44 heavy (non-hydrogen) atoms. The van der Waals surface area contributed by atoms with Gasteiger partial charge in [0.2, 0.25) is 0 Å². The lowest BCUT2D eigenvalue weighted by atomic mass is 9.98. The number of rotatable bonds is 7. The summed E-state index contributed by atoms with van der Waals surface area (Å²) in [5, 5.41) is 0.748. The number of nitrogens with one attached hydrogen (secondary N) is 1. The Kier molecular flexibility index (Phi) is 8.07. The second-order valence-corrected chi connectivity index (χ2v) is 12.5. The monoisotopic (exact) mass is 614 g/mol. The van der Waals surface area contributed by atoms with Crippen molar-refractivity contribution in [1.29, 1.82) is 0 Å². The Balaban J connectivity index is 1.65. The number of carbonyl (C=O) groups excluding carboxylic acids is 3. The Morgan fingerprint density at radius 3 is 2.07 bits per heavy atom. The predicted molar refractivity (Wildman–Crippen MR) is 162 cm³/mol. The Hall–Kier alpha value is -5.29. The van der Waals surface area contributed by atoms with Crippen LogP contribution in [0, 0.1) is 11.2 Å². The van der Waals surface area contributed by atoms with Crippen molar-refractivity contribution in [2.75, 3.05) is 9.79 Å². The molecule has 5 rings (SSSR count). The number of fused-ring (bicyclic) bond motifs is 1. The highest BCUT2D eigenvalue weighted by molar-refractivity contribution is 7.92. The maximum Gasteiger partial charge on any atom is 0.343 e. The van der Waals surface area contributed by atoms with Gasteiger partial charge in [-0.05, 0) is 69.3 Å². The third kappa shape index (κ3) is 6.23. The fraction of sp³-hybridized carbons (Fsp3) is 0.121. The third-order valence-corrected chi connectivity index (χ3v) is 7.88. The van der Waals surface area contributed by atoms with Crippen LogP contribution in [0.4, 0.5) is 15.8 Å². The molecule has 11 heteroatoms. The SMILES string of the molecule is CC(C)(C)C(=O)ON1C(=O)/C(=C(\OC(=O)c2ccccc2)c2ccccc2)c2ccc(NS(=O)(=O)c3cccc(F)c3)cc21. The summed E-state index contributed by atoms with van der Waals surface area (Å²) in [5.74, 6) is -3.11. The minimum Gasteiger partial charge on any atom is -0.421 e. The van der Waals surface area contributed by atoms with E-state index >= 15 is 0 Å². The number of amides is 1. The topological polar surface area (TPSA) is 119 Å². The fourth-order valence-electron chi connectivity index (χ4n) is 4.25. The Labute approximate surface area is 253 Å². The van der Waals surface area contributed by atoms with Gasteiger partial charge in [-0.15, -0.1) is 5.06 Å². The van der Waals surface area contributed by atoms with Crippen molar-refractivity contribution < 1.29 is 36.8 Å². The van der Waals surface area contributed by atoms with Gasteiger partial charge in [0, 0.05) is 11.1 Å². The maximum absolute atomic E-state index is 14.0. The number of sulfonamides is 1. The van der Waals surface area contributed by atoms with E-state index in [-0.39, 0.29) is 38.7 Å². The molecule has 0 aliphatic carbocycles. The first-order valence-electron chi connectivity index (χ1n) is 13.4. The lowest BCUT2D eigenvalue weighted by Crippen LogP contribution is -2.35. The Morgan fingerprint density at radius 1 is 0.818 bits per heavy atom.